The summed E-state index contributed by atoms with van der Waals surface area (Å²) in [5.74, 6) is 0.213. The van der Waals surface area contributed by atoms with Gasteiger partial charge >= 0.3 is 5.69 Å². The van der Waals surface area contributed by atoms with Gasteiger partial charge in [0.2, 0.25) is 0 Å². The van der Waals surface area contributed by atoms with E-state index in [1.807, 2.05) is 30.3 Å². The number of halogens is 1. The summed E-state index contributed by atoms with van der Waals surface area (Å²) >= 11 is 0. The van der Waals surface area contributed by atoms with E-state index >= 15 is 0 Å². The lowest BCUT2D eigenvalue weighted by Crippen LogP contribution is -2.24. The van der Waals surface area contributed by atoms with Crippen LogP contribution in [0.25, 0.3) is 16.7 Å². The van der Waals surface area contributed by atoms with E-state index in [2.05, 4.69) is 10.1 Å². The van der Waals surface area contributed by atoms with Gasteiger partial charge in [0.25, 0.3) is 0 Å². The lowest BCUT2D eigenvalue weighted by atomic mass is 10.2. The Kier molecular flexibility index (Phi) is 3.26. The number of rotatable bonds is 3. The summed E-state index contributed by atoms with van der Waals surface area (Å²) in [6.07, 6.45) is 1.45. The number of benzene rings is 2. The zero-order valence-corrected chi connectivity index (χ0v) is 12.9. The number of imidazole rings is 1. The molecule has 0 saturated carbocycles. The number of fused-ring (bicyclic) bond motifs is 1. The molecule has 0 bridgehead atoms. The van der Waals surface area contributed by atoms with Gasteiger partial charge in [0.15, 0.2) is 0 Å². The maximum atomic E-state index is 14.4. The Morgan fingerprint density at radius 2 is 1.88 bits per heavy atom. The molecule has 0 N–H and O–H groups in total. The minimum Gasteiger partial charge on any atom is -0.292 e. The monoisotopic (exact) mass is 323 g/mol. The van der Waals surface area contributed by atoms with Crippen LogP contribution in [0.15, 0.2) is 59.7 Å². The van der Waals surface area contributed by atoms with Crippen LogP contribution >= 0.6 is 0 Å². The Labute approximate surface area is 136 Å². The highest BCUT2D eigenvalue weighted by molar-refractivity contribution is 5.79. The van der Waals surface area contributed by atoms with Crippen molar-refractivity contribution in [1.82, 2.24) is 23.9 Å². The molecule has 0 radical (unpaired) electrons. The Bertz CT molecular complexity index is 1080. The third-order valence-electron chi connectivity index (χ3n) is 3.91. The van der Waals surface area contributed by atoms with E-state index in [9.17, 15) is 9.18 Å². The molecule has 2 aromatic carbocycles. The molecule has 0 unspecified atom stereocenters. The summed E-state index contributed by atoms with van der Waals surface area (Å²) in [7, 11) is 1.58. The lowest BCUT2D eigenvalue weighted by molar-refractivity contribution is 0.630. The van der Waals surface area contributed by atoms with Crippen molar-refractivity contribution in [3.8, 4) is 5.69 Å². The minimum absolute atomic E-state index is 0.204. The number of hydrogen-bond acceptors (Lipinski definition) is 3. The molecule has 6 nitrogen and oxygen atoms in total. The molecule has 24 heavy (non-hydrogen) atoms. The Morgan fingerprint density at radius 3 is 2.58 bits per heavy atom. The maximum Gasteiger partial charge on any atom is 0.345 e. The van der Waals surface area contributed by atoms with Crippen molar-refractivity contribution in [2.45, 2.75) is 6.54 Å². The van der Waals surface area contributed by atoms with Crippen molar-refractivity contribution in [2.24, 2.45) is 7.05 Å². The fraction of sp³-hybridized carbons (Fsp3) is 0.118. The molecule has 4 rings (SSSR count). The van der Waals surface area contributed by atoms with Crippen LogP contribution in [-0.2, 0) is 13.6 Å². The van der Waals surface area contributed by atoms with Crippen molar-refractivity contribution in [3.05, 3.63) is 77.0 Å². The van der Waals surface area contributed by atoms with Gasteiger partial charge in [0.1, 0.15) is 23.5 Å². The fourth-order valence-corrected chi connectivity index (χ4v) is 2.78. The quantitative estimate of drug-likeness (QED) is 0.580. The molecule has 0 spiro atoms. The summed E-state index contributed by atoms with van der Waals surface area (Å²) < 4.78 is 18.9. The van der Waals surface area contributed by atoms with Crippen LogP contribution in [0.4, 0.5) is 4.39 Å². The molecule has 7 heteroatoms. The second kappa shape index (κ2) is 5.45. The van der Waals surface area contributed by atoms with E-state index in [1.54, 1.807) is 23.7 Å². The van der Waals surface area contributed by atoms with Gasteiger partial charge < -0.3 is 0 Å². The fourth-order valence-electron chi connectivity index (χ4n) is 2.78. The van der Waals surface area contributed by atoms with E-state index < -0.39 is 0 Å². The molecule has 0 aliphatic heterocycles. The zero-order chi connectivity index (χ0) is 16.7. The molecule has 2 heterocycles. The Hall–Kier alpha value is -3.22. The first-order valence-electron chi connectivity index (χ1n) is 7.45. The molecule has 0 atom stereocenters. The number of aryl methyl sites for hydroxylation is 1. The highest BCUT2D eigenvalue weighted by Gasteiger charge is 2.17. The number of nitrogens with zero attached hydrogens (tertiary/aromatic N) is 5. The SMILES string of the molecule is Cn1ncn(Cc2nc3cccc(F)c3n2-c2ccccc2)c1=O. The predicted molar refractivity (Wildman–Crippen MR) is 87.6 cm³/mol. The van der Waals surface area contributed by atoms with E-state index in [0.29, 0.717) is 16.9 Å². The van der Waals surface area contributed by atoms with Gasteiger partial charge in [-0.25, -0.2) is 18.9 Å². The highest BCUT2D eigenvalue weighted by Crippen LogP contribution is 2.24. The molecule has 0 aliphatic rings. The Balaban J connectivity index is 1.96. The standard InChI is InChI=1S/C17H14FN5O/c1-21-17(24)22(11-19-21)10-15-20-14-9-5-8-13(18)16(14)23(15)12-6-3-2-4-7-12/h2-9,11H,10H2,1H3. The second-order valence-electron chi connectivity index (χ2n) is 5.47. The van der Waals surface area contributed by atoms with Crippen LogP contribution in [0, 0.1) is 5.82 Å². The van der Waals surface area contributed by atoms with Crippen molar-refractivity contribution >= 4 is 11.0 Å². The zero-order valence-electron chi connectivity index (χ0n) is 12.9. The largest absolute Gasteiger partial charge is 0.345 e. The van der Waals surface area contributed by atoms with Crippen LogP contribution in [0.5, 0.6) is 0 Å². The summed E-state index contributed by atoms with van der Waals surface area (Å²) in [6.45, 7) is 0.204. The average Bonchev–Trinajstić information content (AvgIpc) is 3.12. The number of para-hydroxylation sites is 2. The van der Waals surface area contributed by atoms with Gasteiger partial charge in [-0.1, -0.05) is 24.3 Å². The summed E-state index contributed by atoms with van der Waals surface area (Å²) in [4.78, 5) is 16.6. The molecular weight excluding hydrogens is 309 g/mol. The summed E-state index contributed by atoms with van der Waals surface area (Å²) in [6, 6.07) is 14.2. The third-order valence-corrected chi connectivity index (χ3v) is 3.91. The molecule has 0 fully saturated rings. The normalized spacial score (nSPS) is 11.2. The van der Waals surface area contributed by atoms with E-state index in [1.165, 1.54) is 21.6 Å². The van der Waals surface area contributed by atoms with E-state index in [0.717, 1.165) is 5.69 Å². The van der Waals surface area contributed by atoms with E-state index in [4.69, 9.17) is 0 Å². The van der Waals surface area contributed by atoms with Crippen molar-refractivity contribution in [2.75, 3.05) is 0 Å². The van der Waals surface area contributed by atoms with Crippen molar-refractivity contribution in [3.63, 3.8) is 0 Å². The van der Waals surface area contributed by atoms with Crippen LogP contribution < -0.4 is 5.69 Å². The predicted octanol–water partition coefficient (Wildman–Crippen LogP) is 2.11. The van der Waals surface area contributed by atoms with Crippen molar-refractivity contribution < 1.29 is 4.39 Å². The summed E-state index contributed by atoms with van der Waals surface area (Å²) in [5.41, 5.74) is 1.49. The molecular formula is C17H14FN5O. The smallest absolute Gasteiger partial charge is 0.292 e. The topological polar surface area (TPSA) is 57.6 Å². The van der Waals surface area contributed by atoms with Gasteiger partial charge in [-0.15, -0.1) is 0 Å². The van der Waals surface area contributed by atoms with Gasteiger partial charge in [-0.3, -0.25) is 9.13 Å². The van der Waals surface area contributed by atoms with Gasteiger partial charge in [-0.05, 0) is 24.3 Å². The second-order valence-corrected chi connectivity index (χ2v) is 5.47. The van der Waals surface area contributed by atoms with Crippen LogP contribution in [0.3, 0.4) is 0 Å². The molecule has 120 valence electrons. The molecule has 0 aliphatic carbocycles. The molecule has 2 aromatic heterocycles. The van der Waals surface area contributed by atoms with Gasteiger partial charge in [0.05, 0.1) is 12.1 Å². The van der Waals surface area contributed by atoms with Crippen LogP contribution in [-0.4, -0.2) is 23.9 Å². The van der Waals surface area contributed by atoms with Crippen LogP contribution in [0.1, 0.15) is 5.82 Å². The average molecular weight is 323 g/mol. The first-order chi connectivity index (χ1) is 11.6. The summed E-state index contributed by atoms with van der Waals surface area (Å²) in [5, 5.41) is 3.94. The third kappa shape index (κ3) is 2.21. The first-order valence-corrected chi connectivity index (χ1v) is 7.45. The van der Waals surface area contributed by atoms with Crippen molar-refractivity contribution in [1.29, 1.82) is 0 Å². The minimum atomic E-state index is -0.353. The molecule has 4 aromatic rings. The highest BCUT2D eigenvalue weighted by atomic mass is 19.1. The Morgan fingerprint density at radius 1 is 1.08 bits per heavy atom. The first kappa shape index (κ1) is 14.4. The van der Waals surface area contributed by atoms with Gasteiger partial charge in [0, 0.05) is 12.7 Å². The van der Waals surface area contributed by atoms with E-state index in [-0.39, 0.29) is 18.1 Å². The lowest BCUT2D eigenvalue weighted by Gasteiger charge is -2.09. The molecule has 0 saturated heterocycles. The molecule has 0 amide bonds. The maximum absolute atomic E-state index is 14.4. The number of hydrogen-bond donors (Lipinski definition) is 0. The van der Waals surface area contributed by atoms with Crippen LogP contribution in [0.2, 0.25) is 0 Å². The number of aromatic nitrogens is 5. The van der Waals surface area contributed by atoms with Gasteiger partial charge in [-0.2, -0.15) is 5.10 Å².